The number of esters is 1. The molecule has 9 rings (SSSR count). The zero-order valence-electron chi connectivity index (χ0n) is 45.9. The van der Waals surface area contributed by atoms with Gasteiger partial charge in [0.05, 0.1) is 59.8 Å². The maximum Gasteiger partial charge on any atom is 0.338 e. The molecule has 7 fully saturated rings. The fourth-order valence-corrected chi connectivity index (χ4v) is 14.9. The Balaban J connectivity index is 0.810. The summed E-state index contributed by atoms with van der Waals surface area (Å²) >= 11 is 0. The van der Waals surface area contributed by atoms with Crippen LogP contribution in [0.15, 0.2) is 42.0 Å². The van der Waals surface area contributed by atoms with E-state index in [1.165, 1.54) is 14.0 Å². The zero-order valence-corrected chi connectivity index (χ0v) is 45.9. The summed E-state index contributed by atoms with van der Waals surface area (Å²) in [5, 5.41) is 59.5. The highest BCUT2D eigenvalue weighted by Crippen LogP contribution is 2.71. The summed E-state index contributed by atoms with van der Waals surface area (Å²) in [4.78, 5) is 27.1. The third-order valence-corrected chi connectivity index (χ3v) is 19.5. The second kappa shape index (κ2) is 22.4. The number of benzene rings is 1. The van der Waals surface area contributed by atoms with E-state index >= 15 is 0 Å². The van der Waals surface area contributed by atoms with Crippen molar-refractivity contribution in [3.05, 3.63) is 47.5 Å². The lowest BCUT2D eigenvalue weighted by Crippen LogP contribution is -2.78. The third kappa shape index (κ3) is 9.87. The molecule has 4 aliphatic heterocycles. The molecule has 3 saturated carbocycles. The molecule has 4 heterocycles. The number of carbonyl (C=O) groups excluding carboxylic acids is 2. The quantitative estimate of drug-likeness (QED) is 0.124. The van der Waals surface area contributed by atoms with E-state index in [9.17, 15) is 35.1 Å². The molecule has 0 spiro atoms. The summed E-state index contributed by atoms with van der Waals surface area (Å²) in [6.45, 7) is 12.3. The maximum absolute atomic E-state index is 13.7. The Morgan fingerprint density at radius 2 is 1.17 bits per heavy atom. The largest absolute Gasteiger partial charge is 0.458 e. The van der Waals surface area contributed by atoms with Crippen molar-refractivity contribution in [1.82, 2.24) is 0 Å². The highest BCUT2D eigenvalue weighted by molar-refractivity contribution is 5.90. The average Bonchev–Trinajstić information content (AvgIpc) is 3.63. The molecule has 0 aromatic heterocycles. The van der Waals surface area contributed by atoms with Crippen LogP contribution in [0.4, 0.5) is 0 Å². The lowest BCUT2D eigenvalue weighted by Gasteiger charge is -2.67. The lowest BCUT2D eigenvalue weighted by molar-refractivity contribution is -0.356. The Bertz CT molecular complexity index is 2220. The van der Waals surface area contributed by atoms with E-state index in [-0.39, 0.29) is 31.8 Å². The molecule has 0 radical (unpaired) electrons. The number of aliphatic hydroxyl groups excluding tert-OH is 2. The van der Waals surface area contributed by atoms with E-state index in [1.54, 1.807) is 65.5 Å². The number of carbonyl (C=O) groups is 2. The minimum atomic E-state index is -2.04. The highest BCUT2D eigenvalue weighted by Gasteiger charge is 2.81. The van der Waals surface area contributed by atoms with Crippen LogP contribution in [0, 0.1) is 16.7 Å². The molecule has 428 valence electrons. The van der Waals surface area contributed by atoms with Gasteiger partial charge >= 0.3 is 5.97 Å². The molecule has 0 amide bonds. The number of fused-ring (bicyclic) bond motifs is 5. The summed E-state index contributed by atoms with van der Waals surface area (Å²) in [5.74, 6) is -1.76. The molecule has 1 aromatic carbocycles. The fourth-order valence-electron chi connectivity index (χ4n) is 14.9. The predicted molar refractivity (Wildman–Crippen MR) is 267 cm³/mol. The van der Waals surface area contributed by atoms with Crippen molar-refractivity contribution >= 4 is 11.8 Å². The van der Waals surface area contributed by atoms with Gasteiger partial charge in [-0.15, -0.1) is 0 Å². The number of rotatable bonds is 15. The molecule has 76 heavy (non-hydrogen) atoms. The molecule has 0 bridgehead atoms. The van der Waals surface area contributed by atoms with Crippen LogP contribution in [0.25, 0.3) is 0 Å². The minimum Gasteiger partial charge on any atom is -0.458 e. The van der Waals surface area contributed by atoms with E-state index in [1.807, 2.05) is 26.8 Å². The first kappa shape index (κ1) is 58.1. The van der Waals surface area contributed by atoms with Gasteiger partial charge in [0.2, 0.25) is 0 Å². The zero-order chi connectivity index (χ0) is 54.9. The molecular formula is C56H84O20. The van der Waals surface area contributed by atoms with Gasteiger partial charge < -0.3 is 87.1 Å². The van der Waals surface area contributed by atoms with Gasteiger partial charge in [0.1, 0.15) is 59.5 Å². The van der Waals surface area contributed by atoms with Crippen molar-refractivity contribution in [2.24, 2.45) is 16.7 Å². The van der Waals surface area contributed by atoms with E-state index in [2.05, 4.69) is 6.92 Å². The monoisotopic (exact) mass is 1080 g/mol. The molecule has 4 aliphatic carbocycles. The second-order valence-electron chi connectivity index (χ2n) is 23.3. The molecule has 20 nitrogen and oxygen atoms in total. The Morgan fingerprint density at radius 1 is 0.632 bits per heavy atom. The molecular weight excluding hydrogens is 993 g/mol. The smallest absolute Gasteiger partial charge is 0.338 e. The van der Waals surface area contributed by atoms with Crippen LogP contribution in [0.2, 0.25) is 0 Å². The van der Waals surface area contributed by atoms with Crippen LogP contribution >= 0.6 is 0 Å². The van der Waals surface area contributed by atoms with E-state index < -0.39 is 156 Å². The van der Waals surface area contributed by atoms with Gasteiger partial charge in [-0.2, -0.15) is 0 Å². The van der Waals surface area contributed by atoms with Crippen LogP contribution in [-0.4, -0.2) is 199 Å². The number of ether oxygens (including phenoxy) is 13. The van der Waals surface area contributed by atoms with Crippen molar-refractivity contribution in [2.75, 3.05) is 28.4 Å². The number of hydrogen-bond donors (Lipinski definition) is 5. The summed E-state index contributed by atoms with van der Waals surface area (Å²) in [7, 11) is 6.24. The number of aliphatic hydroxyl groups is 5. The van der Waals surface area contributed by atoms with Gasteiger partial charge in [-0.25, -0.2) is 4.79 Å². The normalized spacial score (nSPS) is 49.4. The van der Waals surface area contributed by atoms with Gasteiger partial charge in [-0.3, -0.25) is 4.79 Å². The van der Waals surface area contributed by atoms with Crippen LogP contribution < -0.4 is 0 Å². The Hall–Kier alpha value is -2.58. The van der Waals surface area contributed by atoms with E-state index in [0.717, 1.165) is 5.57 Å². The Kier molecular flexibility index (Phi) is 17.1. The number of ketones is 1. The molecule has 0 unspecified atom stereocenters. The van der Waals surface area contributed by atoms with Gasteiger partial charge in [0.15, 0.2) is 30.9 Å². The van der Waals surface area contributed by atoms with Gasteiger partial charge in [-0.1, -0.05) is 36.8 Å². The molecule has 4 saturated heterocycles. The maximum atomic E-state index is 13.7. The molecule has 20 heteroatoms. The Morgan fingerprint density at radius 3 is 1.70 bits per heavy atom. The molecule has 1 aromatic rings. The predicted octanol–water partition coefficient (Wildman–Crippen LogP) is 3.81. The standard InChI is InChI=1S/C56H84O20/c1-28-44(58)49(67-11)45(59)51(71-28)76-48-31(4)70-43(26-38(48)66-10)75-47-30(3)69-42(25-37(47)65-9)74-46-29(2)68-41(24-36(46)64-8)72-35-18-19-52(6)34(23-35)17-20-55(62)39(52)27-40(73-50(60)33-15-13-12-14-16-33)53(7)54(61,32(5)57)21-22-56(53,55)63/h12-17,28-31,35-49,51,58-59,61-63H,18-27H2,1-11H3/t28-,29+,30+,31+,35+,36+,37+,38+,39+,40-,41-,42-,43-,44-,45-,46+,47+,48+,49-,51+,52-,53+,54+,55+,56-/m0/s1. The first-order valence-electron chi connectivity index (χ1n) is 27.3. The first-order valence-corrected chi connectivity index (χ1v) is 27.3. The average molecular weight is 1080 g/mol. The Labute approximate surface area is 446 Å². The first-order chi connectivity index (χ1) is 36.0. The van der Waals surface area contributed by atoms with Crippen molar-refractivity contribution in [3.63, 3.8) is 0 Å². The number of methoxy groups -OCH3 is 4. The third-order valence-electron chi connectivity index (χ3n) is 19.5. The van der Waals surface area contributed by atoms with Gasteiger partial charge in [0.25, 0.3) is 0 Å². The lowest BCUT2D eigenvalue weighted by atomic mass is 9.42. The van der Waals surface area contributed by atoms with Crippen LogP contribution in [0.5, 0.6) is 0 Å². The topological polar surface area (TPSA) is 255 Å². The van der Waals surface area contributed by atoms with Crippen molar-refractivity contribution in [3.8, 4) is 0 Å². The van der Waals surface area contributed by atoms with Crippen LogP contribution in [0.1, 0.15) is 123 Å². The number of hydrogen-bond acceptors (Lipinski definition) is 20. The van der Waals surface area contributed by atoms with Crippen molar-refractivity contribution < 1.29 is 96.7 Å². The van der Waals surface area contributed by atoms with E-state index in [4.69, 9.17) is 61.6 Å². The van der Waals surface area contributed by atoms with Crippen LogP contribution in [-0.2, 0) is 66.4 Å². The molecule has 25 atom stereocenters. The van der Waals surface area contributed by atoms with Crippen molar-refractivity contribution in [2.45, 2.75) is 246 Å². The summed E-state index contributed by atoms with van der Waals surface area (Å²) in [6, 6.07) is 8.51. The van der Waals surface area contributed by atoms with Crippen LogP contribution in [0.3, 0.4) is 0 Å². The second-order valence-corrected chi connectivity index (χ2v) is 23.3. The summed E-state index contributed by atoms with van der Waals surface area (Å²) in [6.07, 6.45) is -7.99. The highest BCUT2D eigenvalue weighted by atomic mass is 16.8. The minimum absolute atomic E-state index is 0.0498. The van der Waals surface area contributed by atoms with E-state index in [0.29, 0.717) is 44.1 Å². The summed E-state index contributed by atoms with van der Waals surface area (Å²) in [5.41, 5.74) is -6.73. The number of Topliss-reactive ketones (excluding diaryl/α,β-unsaturated/α-hetero) is 1. The molecule has 5 N–H and O–H groups in total. The SMILES string of the molecule is CO[C@@H]1[C@H](O)[C@@H](O[C@@H]2[C@@H](C)O[C@@H](O[C@@H]3[C@@H](C)O[C@@H](O[C@@H]4[C@@H](C)O[C@@H](O[C@@H]5CC[C@@]6(C)C(=CC[C@@]7(O)[C@@H]6C[C@H](OC(=O)c6ccccc6)[C@@]6(C)[C@@]7(O)CC[C@@]6(O)C(C)=O)C5)C[C@H]4OC)C[C@H]3OC)C[C@H]2OC)O[C@@H](C)[C@@H]1O. The summed E-state index contributed by atoms with van der Waals surface area (Å²) < 4.78 is 81.0. The fraction of sp³-hybridized carbons (Fsp3) is 0.821. The molecule has 8 aliphatic rings. The van der Waals surface area contributed by atoms with Gasteiger partial charge in [0, 0.05) is 53.6 Å². The van der Waals surface area contributed by atoms with Crippen molar-refractivity contribution in [1.29, 1.82) is 0 Å². The van der Waals surface area contributed by atoms with Gasteiger partial charge in [-0.05, 0) is 104 Å².